The summed E-state index contributed by atoms with van der Waals surface area (Å²) >= 11 is 0. The fraction of sp³-hybridized carbons (Fsp3) is 0.375. The van der Waals surface area contributed by atoms with Crippen molar-refractivity contribution < 1.29 is 42.6 Å². The van der Waals surface area contributed by atoms with Gasteiger partial charge >= 0.3 is 7.82 Å². The third-order valence-electron chi connectivity index (χ3n) is 3.27. The van der Waals surface area contributed by atoms with Gasteiger partial charge in [-0.1, -0.05) is 0 Å². The lowest BCUT2D eigenvalue weighted by Gasteiger charge is -2.15. The molecular formula is C16H22FN2O8P. The molecule has 0 aromatic carbocycles. The van der Waals surface area contributed by atoms with Crippen LogP contribution in [0.4, 0.5) is 4.39 Å². The zero-order valence-corrected chi connectivity index (χ0v) is 16.5. The molecule has 2 heterocycles. The molecular weight excluding hydrogens is 398 g/mol. The van der Waals surface area contributed by atoms with Gasteiger partial charge in [-0.2, -0.15) is 0 Å². The molecule has 0 aliphatic rings. The van der Waals surface area contributed by atoms with Gasteiger partial charge in [0.25, 0.3) is 0 Å². The van der Waals surface area contributed by atoms with Crippen molar-refractivity contribution in [2.45, 2.75) is 12.6 Å². The summed E-state index contributed by atoms with van der Waals surface area (Å²) in [7, 11) is 1.26. The van der Waals surface area contributed by atoms with Gasteiger partial charge in [0.1, 0.15) is 11.5 Å². The first-order valence-corrected chi connectivity index (χ1v) is 9.23. The zero-order valence-electron chi connectivity index (χ0n) is 15.6. The predicted molar refractivity (Wildman–Crippen MR) is 95.2 cm³/mol. The van der Waals surface area contributed by atoms with E-state index >= 15 is 0 Å². The highest BCUT2D eigenvalue weighted by Gasteiger charge is 2.18. The van der Waals surface area contributed by atoms with Crippen LogP contribution in [0, 0.1) is 5.82 Å². The molecule has 0 spiro atoms. The highest BCUT2D eigenvalue weighted by molar-refractivity contribution is 7.45. The molecule has 0 saturated heterocycles. The Morgan fingerprint density at radius 3 is 2.00 bits per heavy atom. The van der Waals surface area contributed by atoms with Gasteiger partial charge in [0.05, 0.1) is 11.4 Å². The average molecular weight is 420 g/mol. The van der Waals surface area contributed by atoms with Crippen LogP contribution in [0.3, 0.4) is 0 Å². The molecule has 2 aromatic rings. The fourth-order valence-corrected chi connectivity index (χ4v) is 2.18. The highest BCUT2D eigenvalue weighted by Crippen LogP contribution is 2.26. The normalized spacial score (nSPS) is 11.5. The highest BCUT2D eigenvalue weighted by atomic mass is 31.2. The molecule has 0 aliphatic carbocycles. The first-order valence-electron chi connectivity index (χ1n) is 7.66. The first kappa shape index (κ1) is 24.2. The molecule has 0 aliphatic heterocycles. The maximum absolute atomic E-state index is 14.0. The monoisotopic (exact) mass is 420 g/mol. The van der Waals surface area contributed by atoms with Gasteiger partial charge in [-0.3, -0.25) is 4.98 Å². The van der Waals surface area contributed by atoms with E-state index in [9.17, 15) is 4.39 Å². The quantitative estimate of drug-likeness (QED) is 0.449. The summed E-state index contributed by atoms with van der Waals surface area (Å²) in [5.41, 5.74) is 1.99. The summed E-state index contributed by atoms with van der Waals surface area (Å²) in [6.45, 7) is 0. The Bertz CT molecular complexity index is 788. The summed E-state index contributed by atoms with van der Waals surface area (Å²) in [5.74, 6) is -0.497. The topological polar surface area (TPSA) is 140 Å². The summed E-state index contributed by atoms with van der Waals surface area (Å²) < 4.78 is 43.4. The van der Waals surface area contributed by atoms with Gasteiger partial charge in [0.15, 0.2) is 0 Å². The second-order valence-electron chi connectivity index (χ2n) is 5.15. The Morgan fingerprint density at radius 1 is 0.964 bits per heavy atom. The number of pyridine rings is 2. The van der Waals surface area contributed by atoms with E-state index in [1.807, 2.05) is 0 Å². The van der Waals surface area contributed by atoms with Crippen LogP contribution < -0.4 is 0 Å². The van der Waals surface area contributed by atoms with Crippen molar-refractivity contribution in [2.75, 3.05) is 28.4 Å². The molecule has 2 rings (SSSR count). The molecule has 0 bridgehead atoms. The number of aromatic nitrogens is 2. The van der Waals surface area contributed by atoms with Crippen LogP contribution in [-0.4, -0.2) is 53.1 Å². The van der Waals surface area contributed by atoms with Crippen molar-refractivity contribution in [3.8, 4) is 11.3 Å². The summed E-state index contributed by atoms with van der Waals surface area (Å²) in [6, 6.07) is 6.45. The van der Waals surface area contributed by atoms with Crippen LogP contribution in [0.2, 0.25) is 0 Å². The Kier molecular flexibility index (Phi) is 9.73. The maximum atomic E-state index is 14.0. The number of phosphoric acid groups is 1. The molecule has 0 atom stereocenters. The number of hydrogen-bond donors (Lipinski definition) is 3. The maximum Gasteiger partial charge on any atom is 0.466 e. The standard InChI is InChI=1S/C16H19FN2O4.H3O4P/c1-20-15(21-2)13-9-10(7-8-18-13)12-6-5-11(17)14(19-12)16(22-3)23-4;1-5(2,3)4/h5-9,15-16H,1-4H3;(H3,1,2,3,4). The van der Waals surface area contributed by atoms with E-state index in [0.717, 1.165) is 5.56 Å². The van der Waals surface area contributed by atoms with E-state index in [1.54, 1.807) is 24.4 Å². The van der Waals surface area contributed by atoms with Gasteiger partial charge in [0.2, 0.25) is 12.6 Å². The van der Waals surface area contributed by atoms with Crippen LogP contribution >= 0.6 is 7.82 Å². The average Bonchev–Trinajstić information content (AvgIpc) is 2.64. The van der Waals surface area contributed by atoms with Crippen molar-refractivity contribution in [2.24, 2.45) is 0 Å². The summed E-state index contributed by atoms with van der Waals surface area (Å²) in [6.07, 6.45) is 0.160. The lowest BCUT2D eigenvalue weighted by molar-refractivity contribution is -0.110. The largest absolute Gasteiger partial charge is 0.466 e. The van der Waals surface area contributed by atoms with E-state index in [-0.39, 0.29) is 5.69 Å². The number of hydrogen-bond acceptors (Lipinski definition) is 7. The number of rotatable bonds is 7. The number of ether oxygens (including phenoxy) is 4. The van der Waals surface area contributed by atoms with Crippen LogP contribution in [0.25, 0.3) is 11.3 Å². The number of nitrogens with zero attached hydrogens (tertiary/aromatic N) is 2. The van der Waals surface area contributed by atoms with E-state index < -0.39 is 26.2 Å². The molecule has 10 nitrogen and oxygen atoms in total. The minimum Gasteiger partial charge on any atom is -0.350 e. The van der Waals surface area contributed by atoms with E-state index in [4.69, 9.17) is 38.2 Å². The second-order valence-corrected chi connectivity index (χ2v) is 6.18. The van der Waals surface area contributed by atoms with Gasteiger partial charge < -0.3 is 33.6 Å². The SMILES string of the molecule is COC(OC)c1cc(-c2ccc(F)c(C(OC)OC)n2)ccn1.O=P(O)(O)O. The summed E-state index contributed by atoms with van der Waals surface area (Å²) in [5, 5.41) is 0. The smallest absolute Gasteiger partial charge is 0.350 e. The Balaban J connectivity index is 0.000000696. The second kappa shape index (κ2) is 11.2. The predicted octanol–water partition coefficient (Wildman–Crippen LogP) is 1.94. The van der Waals surface area contributed by atoms with Crippen molar-refractivity contribution in [3.63, 3.8) is 0 Å². The van der Waals surface area contributed by atoms with Crippen LogP contribution in [0.5, 0.6) is 0 Å². The van der Waals surface area contributed by atoms with Crippen molar-refractivity contribution in [1.82, 2.24) is 9.97 Å². The molecule has 28 heavy (non-hydrogen) atoms. The molecule has 0 unspecified atom stereocenters. The molecule has 0 radical (unpaired) electrons. The molecule has 3 N–H and O–H groups in total. The van der Waals surface area contributed by atoms with Gasteiger partial charge in [-0.25, -0.2) is 13.9 Å². The lowest BCUT2D eigenvalue weighted by atomic mass is 10.1. The molecule has 0 amide bonds. The molecule has 0 fully saturated rings. The van der Waals surface area contributed by atoms with E-state index in [0.29, 0.717) is 11.4 Å². The van der Waals surface area contributed by atoms with E-state index in [2.05, 4.69) is 9.97 Å². The Labute approximate surface area is 161 Å². The van der Waals surface area contributed by atoms with Crippen LogP contribution in [0.15, 0.2) is 30.5 Å². The molecule has 0 saturated carbocycles. The Morgan fingerprint density at radius 2 is 1.50 bits per heavy atom. The van der Waals surface area contributed by atoms with Crippen LogP contribution in [-0.2, 0) is 23.5 Å². The molecule has 12 heteroatoms. The first-order chi connectivity index (χ1) is 13.1. The van der Waals surface area contributed by atoms with Gasteiger partial charge in [-0.15, -0.1) is 0 Å². The van der Waals surface area contributed by atoms with Crippen molar-refractivity contribution >= 4 is 7.82 Å². The van der Waals surface area contributed by atoms with Crippen LogP contribution in [0.1, 0.15) is 24.0 Å². The third-order valence-corrected chi connectivity index (χ3v) is 3.27. The Hall–Kier alpha value is -1.82. The van der Waals surface area contributed by atoms with E-state index in [1.165, 1.54) is 34.5 Å². The van der Waals surface area contributed by atoms with Crippen molar-refractivity contribution in [3.05, 3.63) is 47.7 Å². The third kappa shape index (κ3) is 7.66. The van der Waals surface area contributed by atoms with Gasteiger partial charge in [-0.05, 0) is 24.3 Å². The minimum absolute atomic E-state index is 0.0842. The minimum atomic E-state index is -4.64. The lowest BCUT2D eigenvalue weighted by Crippen LogP contribution is -2.09. The fourth-order valence-electron chi connectivity index (χ4n) is 2.18. The van der Waals surface area contributed by atoms with Crippen molar-refractivity contribution in [1.29, 1.82) is 0 Å². The van der Waals surface area contributed by atoms with Gasteiger partial charge in [0, 0.05) is 40.2 Å². The zero-order chi connectivity index (χ0) is 21.3. The molecule has 2 aromatic heterocycles. The molecule has 156 valence electrons. The number of halogens is 1. The summed E-state index contributed by atoms with van der Waals surface area (Å²) in [4.78, 5) is 30.1. The number of methoxy groups -OCH3 is 4.